The molecular weight excluding hydrogens is 412 g/mol. The van der Waals surface area contributed by atoms with Crippen LogP contribution in [0.3, 0.4) is 0 Å². The number of nitrogens with zero attached hydrogens (tertiary/aromatic N) is 2. The third-order valence-corrected chi connectivity index (χ3v) is 5.30. The van der Waals surface area contributed by atoms with Crippen LogP contribution in [-0.2, 0) is 11.3 Å². The lowest BCUT2D eigenvalue weighted by molar-refractivity contribution is -0.114. The van der Waals surface area contributed by atoms with Crippen molar-refractivity contribution >= 4 is 29.0 Å². The van der Waals surface area contributed by atoms with Gasteiger partial charge in [-0.15, -0.1) is 11.3 Å². The van der Waals surface area contributed by atoms with Gasteiger partial charge in [0.05, 0.1) is 20.8 Å². The van der Waals surface area contributed by atoms with E-state index in [1.807, 2.05) is 47.8 Å². The average molecular weight is 435 g/mol. The van der Waals surface area contributed by atoms with Gasteiger partial charge >= 0.3 is 0 Å². The molecule has 7 heteroatoms. The zero-order chi connectivity index (χ0) is 22.1. The zero-order valence-corrected chi connectivity index (χ0v) is 18.1. The van der Waals surface area contributed by atoms with Gasteiger partial charge in [0.1, 0.15) is 11.8 Å². The number of benzene rings is 2. The highest BCUT2D eigenvalue weighted by Gasteiger charge is 2.15. The lowest BCUT2D eigenvalue weighted by Gasteiger charge is -2.21. The first kappa shape index (κ1) is 21.9. The average Bonchev–Trinajstić information content (AvgIpc) is 3.33. The van der Waals surface area contributed by atoms with Gasteiger partial charge in [-0.1, -0.05) is 12.1 Å². The third-order valence-electron chi connectivity index (χ3n) is 4.44. The standard InChI is InChI=1S/C24H22N2O4S/c1-28-20-9-7-19(8-10-20)26(17-21-4-3-15-31-21)24(27)12-6-18-5-11-22(30-14-13-25)23(16-18)29-2/h3-12,15-16H,14,17H2,1-2H3/b12-6+. The molecule has 0 atom stereocenters. The summed E-state index contributed by atoms with van der Waals surface area (Å²) in [6.07, 6.45) is 3.26. The number of amides is 1. The summed E-state index contributed by atoms with van der Waals surface area (Å²) in [4.78, 5) is 15.9. The van der Waals surface area contributed by atoms with Crippen LogP contribution in [-0.4, -0.2) is 26.7 Å². The molecule has 0 saturated carbocycles. The fourth-order valence-electron chi connectivity index (χ4n) is 2.89. The van der Waals surface area contributed by atoms with E-state index in [9.17, 15) is 4.79 Å². The van der Waals surface area contributed by atoms with Crippen molar-refractivity contribution in [2.24, 2.45) is 0 Å². The van der Waals surface area contributed by atoms with E-state index >= 15 is 0 Å². The van der Waals surface area contributed by atoms with Gasteiger partial charge in [-0.2, -0.15) is 5.26 Å². The van der Waals surface area contributed by atoms with E-state index in [1.54, 1.807) is 47.6 Å². The van der Waals surface area contributed by atoms with Gasteiger partial charge in [-0.05, 0) is 59.5 Å². The van der Waals surface area contributed by atoms with Crippen molar-refractivity contribution in [2.45, 2.75) is 6.54 Å². The van der Waals surface area contributed by atoms with E-state index in [-0.39, 0.29) is 12.5 Å². The number of carbonyl (C=O) groups is 1. The van der Waals surface area contributed by atoms with Crippen LogP contribution in [0.2, 0.25) is 0 Å². The highest BCUT2D eigenvalue weighted by molar-refractivity contribution is 7.09. The van der Waals surface area contributed by atoms with Gasteiger partial charge in [0, 0.05) is 16.6 Å². The van der Waals surface area contributed by atoms with E-state index in [1.165, 1.54) is 13.2 Å². The maximum absolute atomic E-state index is 13.1. The van der Waals surface area contributed by atoms with Crippen LogP contribution in [0.1, 0.15) is 10.4 Å². The quantitative estimate of drug-likeness (QED) is 0.447. The molecule has 1 heterocycles. The number of thiophene rings is 1. The highest BCUT2D eigenvalue weighted by atomic mass is 32.1. The number of hydrogen-bond acceptors (Lipinski definition) is 6. The van der Waals surface area contributed by atoms with Crippen molar-refractivity contribution in [3.63, 3.8) is 0 Å². The number of hydrogen-bond donors (Lipinski definition) is 0. The molecule has 1 aromatic heterocycles. The number of methoxy groups -OCH3 is 2. The first-order valence-corrected chi connectivity index (χ1v) is 10.4. The molecule has 0 aliphatic heterocycles. The van der Waals surface area contributed by atoms with Crippen molar-refractivity contribution in [3.8, 4) is 23.3 Å². The van der Waals surface area contributed by atoms with Crippen LogP contribution in [0.4, 0.5) is 5.69 Å². The molecule has 0 fully saturated rings. The number of anilines is 1. The molecule has 6 nitrogen and oxygen atoms in total. The van der Waals surface area contributed by atoms with Crippen molar-refractivity contribution in [3.05, 3.63) is 76.5 Å². The van der Waals surface area contributed by atoms with Crippen molar-refractivity contribution in [1.29, 1.82) is 5.26 Å². The molecule has 1 amide bonds. The first-order valence-electron chi connectivity index (χ1n) is 9.48. The fourth-order valence-corrected chi connectivity index (χ4v) is 3.58. The van der Waals surface area contributed by atoms with Gasteiger partial charge in [-0.25, -0.2) is 0 Å². The summed E-state index contributed by atoms with van der Waals surface area (Å²) >= 11 is 1.60. The summed E-state index contributed by atoms with van der Waals surface area (Å²) in [5.74, 6) is 1.55. The minimum Gasteiger partial charge on any atom is -0.497 e. The Labute approximate surface area is 185 Å². The molecule has 0 unspecified atom stereocenters. The van der Waals surface area contributed by atoms with Crippen molar-refractivity contribution < 1.29 is 19.0 Å². The van der Waals surface area contributed by atoms with Gasteiger partial charge in [0.15, 0.2) is 18.1 Å². The summed E-state index contributed by atoms with van der Waals surface area (Å²) in [7, 11) is 3.14. The van der Waals surface area contributed by atoms with E-state index in [0.717, 1.165) is 21.9 Å². The summed E-state index contributed by atoms with van der Waals surface area (Å²) in [5, 5.41) is 10.7. The summed E-state index contributed by atoms with van der Waals surface area (Å²) in [6.45, 7) is 0.404. The van der Waals surface area contributed by atoms with Crippen molar-refractivity contribution in [1.82, 2.24) is 0 Å². The van der Waals surface area contributed by atoms with Gasteiger partial charge in [0.25, 0.3) is 5.91 Å². The monoisotopic (exact) mass is 434 g/mol. The molecule has 31 heavy (non-hydrogen) atoms. The molecule has 0 spiro atoms. The second kappa shape index (κ2) is 10.9. The maximum Gasteiger partial charge on any atom is 0.251 e. The SMILES string of the molecule is COc1ccc(N(Cc2cccs2)C(=O)/C=C/c2ccc(OCC#N)c(OC)c2)cc1. The Morgan fingerprint density at radius 1 is 1.10 bits per heavy atom. The van der Waals surface area contributed by atoms with E-state index in [0.29, 0.717) is 18.0 Å². The third kappa shape index (κ3) is 5.87. The predicted octanol–water partition coefficient (Wildman–Crippen LogP) is 4.91. The van der Waals surface area contributed by atoms with Crippen LogP contribution < -0.4 is 19.1 Å². The molecule has 2 aromatic carbocycles. The van der Waals surface area contributed by atoms with Crippen molar-refractivity contribution in [2.75, 3.05) is 25.7 Å². The molecule has 0 saturated heterocycles. The lowest BCUT2D eigenvalue weighted by atomic mass is 10.1. The number of ether oxygens (including phenoxy) is 3. The highest BCUT2D eigenvalue weighted by Crippen LogP contribution is 2.29. The number of rotatable bonds is 9. The Morgan fingerprint density at radius 2 is 1.90 bits per heavy atom. The Kier molecular flexibility index (Phi) is 7.68. The Morgan fingerprint density at radius 3 is 2.55 bits per heavy atom. The summed E-state index contributed by atoms with van der Waals surface area (Å²) < 4.78 is 15.9. The van der Waals surface area contributed by atoms with Gasteiger partial charge in [0.2, 0.25) is 0 Å². The molecule has 0 bridgehead atoms. The molecule has 0 aliphatic rings. The molecule has 0 radical (unpaired) electrons. The largest absolute Gasteiger partial charge is 0.497 e. The fraction of sp³-hybridized carbons (Fsp3) is 0.167. The maximum atomic E-state index is 13.1. The lowest BCUT2D eigenvalue weighted by Crippen LogP contribution is -2.28. The molecule has 0 aliphatic carbocycles. The van der Waals surface area contributed by atoms with Crippen LogP contribution >= 0.6 is 11.3 Å². The number of carbonyl (C=O) groups excluding carboxylic acids is 1. The molecule has 158 valence electrons. The van der Waals surface area contributed by atoms with Gasteiger partial charge < -0.3 is 19.1 Å². The Balaban J connectivity index is 1.82. The van der Waals surface area contributed by atoms with E-state index in [2.05, 4.69) is 0 Å². The van der Waals surface area contributed by atoms with E-state index < -0.39 is 0 Å². The van der Waals surface area contributed by atoms with Gasteiger partial charge in [-0.3, -0.25) is 4.79 Å². The van der Waals surface area contributed by atoms with Crippen LogP contribution in [0, 0.1) is 11.3 Å². The second-order valence-electron chi connectivity index (χ2n) is 6.39. The summed E-state index contributed by atoms with van der Waals surface area (Å²) in [5.41, 5.74) is 1.56. The number of nitriles is 1. The van der Waals surface area contributed by atoms with Crippen LogP contribution in [0.25, 0.3) is 6.08 Å². The minimum absolute atomic E-state index is 0.0659. The van der Waals surface area contributed by atoms with E-state index in [4.69, 9.17) is 19.5 Å². The normalized spacial score (nSPS) is 10.5. The zero-order valence-electron chi connectivity index (χ0n) is 17.3. The first-order chi connectivity index (χ1) is 15.1. The summed E-state index contributed by atoms with van der Waals surface area (Å²) in [6, 6.07) is 18.6. The molecule has 3 aromatic rings. The van der Waals surface area contributed by atoms with Crippen LogP contribution in [0.5, 0.6) is 17.2 Å². The van der Waals surface area contributed by atoms with Crippen LogP contribution in [0.15, 0.2) is 66.1 Å². The predicted molar refractivity (Wildman–Crippen MR) is 122 cm³/mol. The minimum atomic E-state index is -0.151. The topological polar surface area (TPSA) is 71.8 Å². The molecule has 3 rings (SSSR count). The Hall–Kier alpha value is -3.76. The second-order valence-corrected chi connectivity index (χ2v) is 7.42. The Bertz CT molecular complexity index is 1070. The molecular formula is C24H22N2O4S. The smallest absolute Gasteiger partial charge is 0.251 e. The molecule has 0 N–H and O–H groups in total.